The number of aryl methyl sites for hydroxylation is 4. The average molecular weight is 401 g/mol. The van der Waals surface area contributed by atoms with E-state index in [1.54, 1.807) is 29.8 Å². The summed E-state index contributed by atoms with van der Waals surface area (Å²) in [5.41, 5.74) is 3.10. The third kappa shape index (κ3) is 4.20. The SMILES string of the molecule is Cc1ccc(S(=O)(=O)NCCn2nc(-n3nc(C)cc3C)ccc2=O)c(C)c1. The maximum atomic E-state index is 12.5. The lowest BCUT2D eigenvalue weighted by molar-refractivity contribution is 0.541. The summed E-state index contributed by atoms with van der Waals surface area (Å²) >= 11 is 0. The van der Waals surface area contributed by atoms with Gasteiger partial charge in [-0.3, -0.25) is 4.79 Å². The van der Waals surface area contributed by atoms with Crippen molar-refractivity contribution in [1.82, 2.24) is 24.3 Å². The van der Waals surface area contributed by atoms with Crippen LogP contribution < -0.4 is 10.3 Å². The van der Waals surface area contributed by atoms with Crippen molar-refractivity contribution >= 4 is 10.0 Å². The number of sulfonamides is 1. The zero-order valence-corrected chi connectivity index (χ0v) is 17.1. The molecule has 0 aliphatic rings. The molecular weight excluding hydrogens is 378 g/mol. The molecule has 0 radical (unpaired) electrons. The van der Waals surface area contributed by atoms with Crippen LogP contribution in [0.3, 0.4) is 0 Å². The van der Waals surface area contributed by atoms with Crippen LogP contribution in [-0.4, -0.2) is 34.5 Å². The first kappa shape index (κ1) is 20.0. The Morgan fingerprint density at radius 1 is 1.00 bits per heavy atom. The van der Waals surface area contributed by atoms with Gasteiger partial charge in [0.2, 0.25) is 10.0 Å². The quantitative estimate of drug-likeness (QED) is 0.677. The Bertz CT molecular complexity index is 1180. The van der Waals surface area contributed by atoms with Crippen molar-refractivity contribution in [3.8, 4) is 5.82 Å². The van der Waals surface area contributed by atoms with Crippen LogP contribution >= 0.6 is 0 Å². The molecule has 0 atom stereocenters. The van der Waals surface area contributed by atoms with E-state index in [-0.39, 0.29) is 23.5 Å². The van der Waals surface area contributed by atoms with Crippen LogP contribution in [0.4, 0.5) is 0 Å². The minimum absolute atomic E-state index is 0.0448. The predicted molar refractivity (Wildman–Crippen MR) is 106 cm³/mol. The summed E-state index contributed by atoms with van der Waals surface area (Å²) in [5, 5.41) is 8.66. The Morgan fingerprint density at radius 3 is 2.39 bits per heavy atom. The summed E-state index contributed by atoms with van der Waals surface area (Å²) in [6.45, 7) is 7.59. The van der Waals surface area contributed by atoms with Gasteiger partial charge < -0.3 is 0 Å². The van der Waals surface area contributed by atoms with Crippen molar-refractivity contribution in [2.45, 2.75) is 39.1 Å². The molecule has 1 N–H and O–H groups in total. The first-order valence-corrected chi connectivity index (χ1v) is 10.3. The molecule has 0 aliphatic heterocycles. The van der Waals surface area contributed by atoms with E-state index in [2.05, 4.69) is 14.9 Å². The number of nitrogens with zero attached hydrogens (tertiary/aromatic N) is 4. The lowest BCUT2D eigenvalue weighted by Gasteiger charge is -2.11. The second-order valence-electron chi connectivity index (χ2n) is 6.76. The Kier molecular flexibility index (Phi) is 5.48. The Balaban J connectivity index is 1.77. The molecule has 2 aromatic heterocycles. The van der Waals surface area contributed by atoms with E-state index < -0.39 is 10.0 Å². The number of hydrogen-bond donors (Lipinski definition) is 1. The average Bonchev–Trinajstić information content (AvgIpc) is 2.94. The van der Waals surface area contributed by atoms with Crippen LogP contribution in [0.1, 0.15) is 22.5 Å². The van der Waals surface area contributed by atoms with E-state index in [1.165, 1.54) is 10.7 Å². The van der Waals surface area contributed by atoms with Gasteiger partial charge in [0, 0.05) is 18.3 Å². The van der Waals surface area contributed by atoms with Crippen LogP contribution in [0.25, 0.3) is 5.82 Å². The molecule has 9 heteroatoms. The van der Waals surface area contributed by atoms with Crippen LogP contribution in [0, 0.1) is 27.7 Å². The lowest BCUT2D eigenvalue weighted by Crippen LogP contribution is -2.32. The number of nitrogens with one attached hydrogen (secondary N) is 1. The van der Waals surface area contributed by atoms with Crippen LogP contribution in [0.2, 0.25) is 0 Å². The van der Waals surface area contributed by atoms with Crippen molar-refractivity contribution in [3.05, 3.63) is 69.3 Å². The molecule has 0 saturated heterocycles. The monoisotopic (exact) mass is 401 g/mol. The zero-order valence-electron chi connectivity index (χ0n) is 16.3. The summed E-state index contributed by atoms with van der Waals surface area (Å²) in [6.07, 6.45) is 0. The van der Waals surface area contributed by atoms with Crippen molar-refractivity contribution in [1.29, 1.82) is 0 Å². The molecule has 2 heterocycles. The molecule has 148 valence electrons. The molecule has 28 heavy (non-hydrogen) atoms. The van der Waals surface area contributed by atoms with Gasteiger partial charge in [-0.2, -0.15) is 5.10 Å². The number of hydrogen-bond acceptors (Lipinski definition) is 5. The fourth-order valence-electron chi connectivity index (χ4n) is 3.04. The van der Waals surface area contributed by atoms with Crippen LogP contribution in [0.15, 0.2) is 46.1 Å². The Morgan fingerprint density at radius 2 is 1.75 bits per heavy atom. The highest BCUT2D eigenvalue weighted by Gasteiger charge is 2.16. The largest absolute Gasteiger partial charge is 0.268 e. The minimum Gasteiger partial charge on any atom is -0.268 e. The number of benzene rings is 1. The maximum absolute atomic E-state index is 12.5. The van der Waals surface area contributed by atoms with E-state index in [1.807, 2.05) is 32.9 Å². The van der Waals surface area contributed by atoms with Crippen LogP contribution in [-0.2, 0) is 16.6 Å². The van der Waals surface area contributed by atoms with Gasteiger partial charge in [-0.1, -0.05) is 17.7 Å². The summed E-state index contributed by atoms with van der Waals surface area (Å²) in [6, 6.07) is 10.1. The van der Waals surface area contributed by atoms with Gasteiger partial charge in [0.15, 0.2) is 5.82 Å². The molecule has 0 aliphatic carbocycles. The van der Waals surface area contributed by atoms with Gasteiger partial charge in [0.1, 0.15) is 0 Å². The Labute approximate surface area is 163 Å². The second-order valence-corrected chi connectivity index (χ2v) is 8.49. The highest BCUT2D eigenvalue weighted by molar-refractivity contribution is 7.89. The molecule has 8 nitrogen and oxygen atoms in total. The van der Waals surface area contributed by atoms with Gasteiger partial charge in [-0.15, -0.1) is 5.10 Å². The van der Waals surface area contributed by atoms with Crippen LogP contribution in [0.5, 0.6) is 0 Å². The molecule has 1 aromatic carbocycles. The van der Waals surface area contributed by atoms with Crippen molar-refractivity contribution in [2.24, 2.45) is 0 Å². The first-order valence-electron chi connectivity index (χ1n) is 8.86. The van der Waals surface area contributed by atoms with Crippen molar-refractivity contribution in [3.63, 3.8) is 0 Å². The lowest BCUT2D eigenvalue weighted by atomic mass is 10.2. The highest BCUT2D eigenvalue weighted by atomic mass is 32.2. The van der Waals surface area contributed by atoms with Gasteiger partial charge >= 0.3 is 0 Å². The van der Waals surface area contributed by atoms with Crippen molar-refractivity contribution in [2.75, 3.05) is 6.54 Å². The summed E-state index contributed by atoms with van der Waals surface area (Å²) < 4.78 is 30.5. The molecule has 0 amide bonds. The van der Waals surface area contributed by atoms with E-state index in [9.17, 15) is 13.2 Å². The number of rotatable bonds is 6. The minimum atomic E-state index is -3.67. The fourth-order valence-corrected chi connectivity index (χ4v) is 4.28. The van der Waals surface area contributed by atoms with E-state index >= 15 is 0 Å². The molecule has 0 fully saturated rings. The van der Waals surface area contributed by atoms with Gasteiger partial charge in [-0.05, 0) is 51.5 Å². The fraction of sp³-hybridized carbons (Fsp3) is 0.316. The van der Waals surface area contributed by atoms with E-state index in [4.69, 9.17) is 0 Å². The topological polar surface area (TPSA) is 98.9 Å². The normalized spacial score (nSPS) is 11.7. The van der Waals surface area contributed by atoms with Gasteiger partial charge in [0.05, 0.1) is 17.1 Å². The van der Waals surface area contributed by atoms with Gasteiger partial charge in [0.25, 0.3) is 5.56 Å². The summed E-state index contributed by atoms with van der Waals surface area (Å²) in [4.78, 5) is 12.3. The molecule has 0 bridgehead atoms. The third-order valence-electron chi connectivity index (χ3n) is 4.31. The van der Waals surface area contributed by atoms with E-state index in [0.29, 0.717) is 11.4 Å². The number of aromatic nitrogens is 4. The highest BCUT2D eigenvalue weighted by Crippen LogP contribution is 2.16. The zero-order chi connectivity index (χ0) is 20.5. The standard InChI is InChI=1S/C19H23N5O3S/c1-13-5-6-17(14(2)11-13)28(26,27)20-9-10-23-19(25)8-7-18(22-23)24-16(4)12-15(3)21-24/h5-8,11-12,20H,9-10H2,1-4H3. The molecule has 3 aromatic rings. The summed E-state index contributed by atoms with van der Waals surface area (Å²) in [7, 11) is -3.67. The first-order chi connectivity index (χ1) is 13.2. The molecular formula is C19H23N5O3S. The second kappa shape index (κ2) is 7.69. The molecule has 0 unspecified atom stereocenters. The third-order valence-corrected chi connectivity index (χ3v) is 5.94. The molecule has 3 rings (SSSR count). The molecule has 0 saturated carbocycles. The Hall–Kier alpha value is -2.78. The van der Waals surface area contributed by atoms with E-state index in [0.717, 1.165) is 17.0 Å². The predicted octanol–water partition coefficient (Wildman–Crippen LogP) is 1.64. The maximum Gasteiger partial charge on any atom is 0.266 e. The van der Waals surface area contributed by atoms with Crippen molar-refractivity contribution < 1.29 is 8.42 Å². The smallest absolute Gasteiger partial charge is 0.266 e. The van der Waals surface area contributed by atoms with Gasteiger partial charge in [-0.25, -0.2) is 22.5 Å². The summed E-state index contributed by atoms with van der Waals surface area (Å²) in [5.74, 6) is 0.502. The molecule has 0 spiro atoms.